The topological polar surface area (TPSA) is 12.9 Å². The van der Waals surface area contributed by atoms with E-state index in [9.17, 15) is 0 Å². The van der Waals surface area contributed by atoms with Gasteiger partial charge in [0, 0.05) is 16.0 Å². The molecule has 0 spiro atoms. The van der Waals surface area contributed by atoms with Gasteiger partial charge in [-0.25, -0.2) is 0 Å². The zero-order valence-electron chi connectivity index (χ0n) is 7.65. The van der Waals surface area contributed by atoms with E-state index in [1.165, 1.54) is 14.6 Å². The number of aromatic nitrogens is 1. The normalized spacial score (nSPS) is 11.0. The molecule has 0 radical (unpaired) electrons. The standard InChI is InChI=1S/C10H11NS2/c1-7(2)8-3-4-9(13-8)10-5-11-6-12-10/h3-7H,1-2H3. The quantitative estimate of drug-likeness (QED) is 0.728. The third kappa shape index (κ3) is 1.81. The zero-order valence-corrected chi connectivity index (χ0v) is 9.28. The van der Waals surface area contributed by atoms with Crippen molar-refractivity contribution in [3.63, 3.8) is 0 Å². The Morgan fingerprint density at radius 1 is 1.23 bits per heavy atom. The van der Waals surface area contributed by atoms with Crippen LogP contribution >= 0.6 is 22.7 Å². The Labute approximate surface area is 86.1 Å². The molecule has 2 aromatic rings. The number of hydrogen-bond acceptors (Lipinski definition) is 3. The summed E-state index contributed by atoms with van der Waals surface area (Å²) in [6, 6.07) is 4.40. The summed E-state index contributed by atoms with van der Waals surface area (Å²) in [5.74, 6) is 0.631. The number of nitrogens with zero attached hydrogens (tertiary/aromatic N) is 1. The van der Waals surface area contributed by atoms with E-state index in [0.717, 1.165) is 0 Å². The van der Waals surface area contributed by atoms with E-state index in [-0.39, 0.29) is 0 Å². The first kappa shape index (κ1) is 8.91. The van der Waals surface area contributed by atoms with E-state index < -0.39 is 0 Å². The van der Waals surface area contributed by atoms with Crippen molar-refractivity contribution < 1.29 is 0 Å². The highest BCUT2D eigenvalue weighted by atomic mass is 32.1. The zero-order chi connectivity index (χ0) is 9.26. The lowest BCUT2D eigenvalue weighted by molar-refractivity contribution is 0.890. The fourth-order valence-corrected chi connectivity index (χ4v) is 2.86. The molecule has 0 atom stereocenters. The Kier molecular flexibility index (Phi) is 2.47. The van der Waals surface area contributed by atoms with E-state index in [1.54, 1.807) is 11.3 Å². The molecule has 0 aromatic carbocycles. The van der Waals surface area contributed by atoms with Crippen LogP contribution in [0, 0.1) is 0 Å². The maximum Gasteiger partial charge on any atom is 0.0798 e. The lowest BCUT2D eigenvalue weighted by atomic mass is 10.2. The Morgan fingerprint density at radius 3 is 2.62 bits per heavy atom. The van der Waals surface area contributed by atoms with Gasteiger partial charge in [0.15, 0.2) is 0 Å². The highest BCUT2D eigenvalue weighted by molar-refractivity contribution is 7.21. The molecule has 0 fully saturated rings. The molecule has 2 rings (SSSR count). The van der Waals surface area contributed by atoms with E-state index in [4.69, 9.17) is 0 Å². The van der Waals surface area contributed by atoms with E-state index in [2.05, 4.69) is 31.0 Å². The highest BCUT2D eigenvalue weighted by Gasteiger charge is 2.06. The van der Waals surface area contributed by atoms with E-state index >= 15 is 0 Å². The van der Waals surface area contributed by atoms with Crippen LogP contribution in [0.4, 0.5) is 0 Å². The minimum absolute atomic E-state index is 0.631. The van der Waals surface area contributed by atoms with Crippen LogP contribution in [0.2, 0.25) is 0 Å². The molecule has 1 nitrogen and oxygen atoms in total. The third-order valence-corrected chi connectivity index (χ3v) is 4.23. The summed E-state index contributed by atoms with van der Waals surface area (Å²) in [5, 5.41) is 0. The van der Waals surface area contributed by atoms with Gasteiger partial charge in [-0.05, 0) is 18.1 Å². The van der Waals surface area contributed by atoms with Crippen molar-refractivity contribution >= 4 is 22.7 Å². The molecular formula is C10H11NS2. The molecule has 2 aromatic heterocycles. The second-order valence-corrected chi connectivity index (χ2v) is 5.22. The van der Waals surface area contributed by atoms with Gasteiger partial charge >= 0.3 is 0 Å². The molecule has 0 aliphatic carbocycles. The van der Waals surface area contributed by atoms with Crippen molar-refractivity contribution in [2.75, 3.05) is 0 Å². The third-order valence-electron chi connectivity index (χ3n) is 1.87. The fourth-order valence-electron chi connectivity index (χ4n) is 1.13. The van der Waals surface area contributed by atoms with Crippen molar-refractivity contribution in [1.29, 1.82) is 0 Å². The van der Waals surface area contributed by atoms with Gasteiger partial charge in [-0.2, -0.15) is 0 Å². The molecule has 0 amide bonds. The van der Waals surface area contributed by atoms with Crippen LogP contribution in [0.1, 0.15) is 24.6 Å². The molecule has 0 N–H and O–H groups in total. The monoisotopic (exact) mass is 209 g/mol. The molecule has 2 heterocycles. The van der Waals surface area contributed by atoms with Crippen LogP contribution in [0.5, 0.6) is 0 Å². The summed E-state index contributed by atoms with van der Waals surface area (Å²) >= 11 is 3.57. The number of rotatable bonds is 2. The highest BCUT2D eigenvalue weighted by Crippen LogP contribution is 2.33. The minimum atomic E-state index is 0.631. The molecule has 0 saturated carbocycles. The van der Waals surface area contributed by atoms with Crippen LogP contribution in [0.25, 0.3) is 9.75 Å². The summed E-state index contributed by atoms with van der Waals surface area (Å²) < 4.78 is 0. The van der Waals surface area contributed by atoms with Gasteiger partial charge in [0.05, 0.1) is 10.4 Å². The number of thiophene rings is 1. The summed E-state index contributed by atoms with van der Waals surface area (Å²) in [6.45, 7) is 4.45. The van der Waals surface area contributed by atoms with Crippen LogP contribution in [0.3, 0.4) is 0 Å². The molecule has 0 unspecified atom stereocenters. The van der Waals surface area contributed by atoms with Crippen molar-refractivity contribution in [3.8, 4) is 9.75 Å². The van der Waals surface area contributed by atoms with Gasteiger partial charge in [-0.15, -0.1) is 22.7 Å². The SMILES string of the molecule is CC(C)c1ccc(-c2cncs2)s1. The number of thiazole rings is 1. The number of hydrogen-bond donors (Lipinski definition) is 0. The van der Waals surface area contributed by atoms with Gasteiger partial charge < -0.3 is 0 Å². The Bertz CT molecular complexity index is 373. The largest absolute Gasteiger partial charge is 0.252 e. The molecule has 0 aliphatic rings. The van der Waals surface area contributed by atoms with Gasteiger partial charge in [-0.3, -0.25) is 4.98 Å². The smallest absolute Gasteiger partial charge is 0.0798 e. The van der Waals surface area contributed by atoms with Crippen molar-refractivity contribution in [3.05, 3.63) is 28.7 Å². The summed E-state index contributed by atoms with van der Waals surface area (Å²) in [7, 11) is 0. The van der Waals surface area contributed by atoms with Crippen molar-refractivity contribution in [2.24, 2.45) is 0 Å². The summed E-state index contributed by atoms with van der Waals surface area (Å²) in [4.78, 5) is 8.14. The molecule has 0 aliphatic heterocycles. The molecule has 0 bridgehead atoms. The molecule has 3 heteroatoms. The average molecular weight is 209 g/mol. The Hall–Kier alpha value is -0.670. The first-order valence-corrected chi connectivity index (χ1v) is 5.95. The molecule has 0 saturated heterocycles. The van der Waals surface area contributed by atoms with E-state index in [1.807, 2.05) is 23.0 Å². The predicted octanol–water partition coefficient (Wildman–Crippen LogP) is 4.00. The minimum Gasteiger partial charge on any atom is -0.252 e. The lowest BCUT2D eigenvalue weighted by Gasteiger charge is -1.97. The van der Waals surface area contributed by atoms with Gasteiger partial charge in [0.1, 0.15) is 0 Å². The average Bonchev–Trinajstić information content (AvgIpc) is 2.75. The summed E-state index contributed by atoms with van der Waals surface area (Å²) in [6.07, 6.45) is 1.93. The maximum atomic E-state index is 4.08. The maximum absolute atomic E-state index is 4.08. The first-order valence-electron chi connectivity index (χ1n) is 4.26. The van der Waals surface area contributed by atoms with Crippen LogP contribution in [-0.2, 0) is 0 Å². The summed E-state index contributed by atoms with van der Waals surface area (Å²) in [5.41, 5.74) is 1.88. The van der Waals surface area contributed by atoms with Crippen molar-refractivity contribution in [1.82, 2.24) is 4.98 Å². The van der Waals surface area contributed by atoms with Crippen LogP contribution in [-0.4, -0.2) is 4.98 Å². The van der Waals surface area contributed by atoms with Gasteiger partial charge in [-0.1, -0.05) is 13.8 Å². The Balaban J connectivity index is 2.33. The molecule has 13 heavy (non-hydrogen) atoms. The van der Waals surface area contributed by atoms with Gasteiger partial charge in [0.25, 0.3) is 0 Å². The lowest BCUT2D eigenvalue weighted by Crippen LogP contribution is -1.77. The Morgan fingerprint density at radius 2 is 2.08 bits per heavy atom. The van der Waals surface area contributed by atoms with Gasteiger partial charge in [0.2, 0.25) is 0 Å². The molecule has 68 valence electrons. The van der Waals surface area contributed by atoms with Crippen LogP contribution in [0.15, 0.2) is 23.8 Å². The van der Waals surface area contributed by atoms with Crippen LogP contribution < -0.4 is 0 Å². The molecular weight excluding hydrogens is 198 g/mol. The van der Waals surface area contributed by atoms with E-state index in [0.29, 0.717) is 5.92 Å². The fraction of sp³-hybridized carbons (Fsp3) is 0.300. The second-order valence-electron chi connectivity index (χ2n) is 3.22. The second kappa shape index (κ2) is 3.60. The predicted molar refractivity (Wildman–Crippen MR) is 59.5 cm³/mol. The van der Waals surface area contributed by atoms with Crippen molar-refractivity contribution in [2.45, 2.75) is 19.8 Å². The first-order chi connectivity index (χ1) is 6.27.